The van der Waals surface area contributed by atoms with Crippen molar-refractivity contribution in [3.8, 4) is 0 Å². The van der Waals surface area contributed by atoms with Crippen LogP contribution < -0.4 is 10.6 Å². The quantitative estimate of drug-likeness (QED) is 0.527. The highest BCUT2D eigenvalue weighted by molar-refractivity contribution is 5.87. The van der Waals surface area contributed by atoms with Crippen molar-refractivity contribution in [2.45, 2.75) is 111 Å². The average Bonchev–Trinajstić information content (AvgIpc) is 2.45. The van der Waals surface area contributed by atoms with E-state index in [4.69, 9.17) is 14.2 Å². The predicted octanol–water partition coefficient (Wildman–Crippen LogP) is 2.29. The second-order valence-corrected chi connectivity index (χ2v) is 10.6. The molecule has 0 saturated heterocycles. The molecule has 176 valence electrons. The molecular formula is C21H40N2O7. The monoisotopic (exact) mass is 432 g/mol. The maximum Gasteiger partial charge on any atom is 0.408 e. The highest BCUT2D eigenvalue weighted by Crippen LogP contribution is 2.16. The summed E-state index contributed by atoms with van der Waals surface area (Å²) < 4.78 is 16.2. The lowest BCUT2D eigenvalue weighted by molar-refractivity contribution is -0.175. The predicted molar refractivity (Wildman–Crippen MR) is 113 cm³/mol. The number of aliphatic hydroxyl groups is 1. The molecule has 2 amide bonds. The average molecular weight is 433 g/mol. The maximum absolute atomic E-state index is 12.8. The Labute approximate surface area is 180 Å². The van der Waals surface area contributed by atoms with Crippen LogP contribution >= 0.6 is 0 Å². The Bertz CT molecular complexity index is 610. The van der Waals surface area contributed by atoms with Gasteiger partial charge in [0.15, 0.2) is 5.60 Å². The number of carbonyl (C=O) groups is 3. The Hall–Kier alpha value is -1.87. The molecule has 0 aliphatic heterocycles. The second-order valence-electron chi connectivity index (χ2n) is 10.6. The summed E-state index contributed by atoms with van der Waals surface area (Å²) >= 11 is 0. The van der Waals surface area contributed by atoms with Crippen LogP contribution in [0.25, 0.3) is 0 Å². The molecule has 0 aromatic carbocycles. The van der Waals surface area contributed by atoms with E-state index in [0.717, 1.165) is 0 Å². The Balaban J connectivity index is 5.32. The first-order valence-electron chi connectivity index (χ1n) is 10.0. The summed E-state index contributed by atoms with van der Waals surface area (Å²) in [5.41, 5.74) is -4.07. The molecule has 0 saturated carbocycles. The van der Waals surface area contributed by atoms with Gasteiger partial charge in [-0.05, 0) is 76.2 Å². The third-order valence-corrected chi connectivity index (χ3v) is 3.41. The van der Waals surface area contributed by atoms with Crippen LogP contribution in [-0.2, 0) is 23.8 Å². The summed E-state index contributed by atoms with van der Waals surface area (Å²) in [4.78, 5) is 37.2. The smallest absolute Gasteiger partial charge is 0.408 e. The van der Waals surface area contributed by atoms with E-state index in [9.17, 15) is 19.5 Å². The van der Waals surface area contributed by atoms with Gasteiger partial charge in [0, 0.05) is 0 Å². The fourth-order valence-electron chi connectivity index (χ4n) is 2.29. The fraction of sp³-hybridized carbons (Fsp3) is 0.857. The number of carbonyl (C=O) groups excluding carboxylic acids is 3. The molecule has 30 heavy (non-hydrogen) atoms. The third kappa shape index (κ3) is 12.0. The van der Waals surface area contributed by atoms with Crippen LogP contribution in [0.4, 0.5) is 4.79 Å². The van der Waals surface area contributed by atoms with Gasteiger partial charge in [-0.25, -0.2) is 9.59 Å². The molecule has 0 rings (SSSR count). The normalized spacial score (nSPS) is 16.7. The molecule has 0 bridgehead atoms. The summed E-state index contributed by atoms with van der Waals surface area (Å²) in [5.74, 6) is -1.51. The maximum atomic E-state index is 12.8. The molecule has 3 atom stereocenters. The van der Waals surface area contributed by atoms with Crippen molar-refractivity contribution in [1.82, 2.24) is 10.6 Å². The van der Waals surface area contributed by atoms with E-state index in [1.54, 1.807) is 48.5 Å². The molecule has 0 aliphatic carbocycles. The molecule has 0 heterocycles. The van der Waals surface area contributed by atoms with Crippen LogP contribution in [-0.4, -0.2) is 64.2 Å². The number of ether oxygens (including phenoxy) is 3. The molecule has 1 unspecified atom stereocenters. The minimum atomic E-state index is -1.95. The highest BCUT2D eigenvalue weighted by Gasteiger charge is 2.38. The number of amides is 2. The van der Waals surface area contributed by atoms with Crippen molar-refractivity contribution < 1.29 is 33.7 Å². The molecule has 0 aliphatic rings. The number of nitrogens with one attached hydrogen (secondary N) is 2. The topological polar surface area (TPSA) is 123 Å². The van der Waals surface area contributed by atoms with Crippen molar-refractivity contribution in [2.24, 2.45) is 0 Å². The van der Waals surface area contributed by atoms with Crippen LogP contribution in [0.1, 0.15) is 76.2 Å². The number of esters is 1. The van der Waals surface area contributed by atoms with Crippen molar-refractivity contribution in [2.75, 3.05) is 6.54 Å². The van der Waals surface area contributed by atoms with Crippen LogP contribution in [0.15, 0.2) is 0 Å². The van der Waals surface area contributed by atoms with E-state index in [1.807, 2.05) is 20.8 Å². The van der Waals surface area contributed by atoms with E-state index in [1.165, 1.54) is 6.92 Å². The molecule has 0 aromatic rings. The number of alkyl carbamates (subject to hydrolysis) is 1. The highest BCUT2D eigenvalue weighted by atomic mass is 16.6. The number of hydrogen-bond acceptors (Lipinski definition) is 7. The molecule has 0 aromatic heterocycles. The van der Waals surface area contributed by atoms with Gasteiger partial charge >= 0.3 is 12.1 Å². The second kappa shape index (κ2) is 9.96. The Morgan fingerprint density at radius 1 is 0.833 bits per heavy atom. The summed E-state index contributed by atoms with van der Waals surface area (Å²) in [6, 6.07) is -1.12. The Morgan fingerprint density at radius 2 is 1.30 bits per heavy atom. The molecule has 0 radical (unpaired) electrons. The van der Waals surface area contributed by atoms with E-state index >= 15 is 0 Å². The lowest BCUT2D eigenvalue weighted by Gasteiger charge is -2.32. The summed E-state index contributed by atoms with van der Waals surface area (Å²) in [6.45, 7) is 18.1. The molecular weight excluding hydrogens is 392 g/mol. The summed E-state index contributed by atoms with van der Waals surface area (Å²) in [6.07, 6.45) is -1.50. The van der Waals surface area contributed by atoms with Gasteiger partial charge in [-0.1, -0.05) is 0 Å². The SMILES string of the molecule is C[C@@H](OC(C)(C)C)[C@H](NC(=O)OC(C)(C)C)C(=O)NCC(C)(O)C(=O)OC(C)(C)C. The van der Waals surface area contributed by atoms with Crippen molar-refractivity contribution >= 4 is 18.0 Å². The first-order valence-corrected chi connectivity index (χ1v) is 10.0. The first-order chi connectivity index (χ1) is 13.1. The van der Waals surface area contributed by atoms with Gasteiger partial charge in [-0.2, -0.15) is 0 Å². The minimum absolute atomic E-state index is 0.407. The molecule has 9 heteroatoms. The first kappa shape index (κ1) is 28.1. The van der Waals surface area contributed by atoms with E-state index in [0.29, 0.717) is 0 Å². The lowest BCUT2D eigenvalue weighted by Crippen LogP contribution is -2.58. The lowest BCUT2D eigenvalue weighted by atomic mass is 10.1. The van der Waals surface area contributed by atoms with Crippen LogP contribution in [0.3, 0.4) is 0 Å². The largest absolute Gasteiger partial charge is 0.458 e. The zero-order chi connectivity index (χ0) is 24.1. The fourth-order valence-corrected chi connectivity index (χ4v) is 2.29. The Kier molecular flexibility index (Phi) is 9.34. The van der Waals surface area contributed by atoms with Gasteiger partial charge in [-0.3, -0.25) is 4.79 Å². The molecule has 0 spiro atoms. The van der Waals surface area contributed by atoms with Gasteiger partial charge in [0.05, 0.1) is 18.2 Å². The summed E-state index contributed by atoms with van der Waals surface area (Å²) in [5, 5.41) is 15.4. The Morgan fingerprint density at radius 3 is 1.70 bits per heavy atom. The van der Waals surface area contributed by atoms with Gasteiger partial charge < -0.3 is 30.0 Å². The minimum Gasteiger partial charge on any atom is -0.458 e. The van der Waals surface area contributed by atoms with Crippen LogP contribution in [0, 0.1) is 0 Å². The van der Waals surface area contributed by atoms with E-state index < -0.39 is 59.1 Å². The number of rotatable bonds is 7. The van der Waals surface area contributed by atoms with Gasteiger partial charge in [-0.15, -0.1) is 0 Å². The van der Waals surface area contributed by atoms with Gasteiger partial charge in [0.2, 0.25) is 5.91 Å². The van der Waals surface area contributed by atoms with Gasteiger partial charge in [0.25, 0.3) is 0 Å². The van der Waals surface area contributed by atoms with Gasteiger partial charge in [0.1, 0.15) is 17.2 Å². The van der Waals surface area contributed by atoms with Crippen LogP contribution in [0.5, 0.6) is 0 Å². The summed E-state index contributed by atoms with van der Waals surface area (Å²) in [7, 11) is 0. The molecule has 9 nitrogen and oxygen atoms in total. The van der Waals surface area contributed by atoms with Crippen LogP contribution in [0.2, 0.25) is 0 Å². The molecule has 3 N–H and O–H groups in total. The zero-order valence-electron chi connectivity index (χ0n) is 20.3. The van der Waals surface area contributed by atoms with Crippen molar-refractivity contribution in [3.05, 3.63) is 0 Å². The third-order valence-electron chi connectivity index (χ3n) is 3.41. The van der Waals surface area contributed by atoms with E-state index in [2.05, 4.69) is 10.6 Å². The zero-order valence-corrected chi connectivity index (χ0v) is 20.3. The van der Waals surface area contributed by atoms with Crippen molar-refractivity contribution in [1.29, 1.82) is 0 Å². The standard InChI is InChI=1S/C21H40N2O7/c1-13(28-18(2,3)4)14(23-17(26)30-20(8,9)10)15(24)22-12-21(11,27)16(25)29-19(5,6)7/h13-14,27H,12H2,1-11H3,(H,22,24)(H,23,26)/t13-,14+,21?/m1/s1. The van der Waals surface area contributed by atoms with E-state index in [-0.39, 0.29) is 0 Å². The molecule has 0 fully saturated rings. The number of hydrogen-bond donors (Lipinski definition) is 3. The van der Waals surface area contributed by atoms with Crippen molar-refractivity contribution in [3.63, 3.8) is 0 Å².